The van der Waals surface area contributed by atoms with Crippen molar-refractivity contribution in [1.29, 1.82) is 0 Å². The molecular formula is C17H17F2N. The Morgan fingerprint density at radius 2 is 1.80 bits per heavy atom. The van der Waals surface area contributed by atoms with Crippen molar-refractivity contribution in [2.24, 2.45) is 0 Å². The lowest BCUT2D eigenvalue weighted by atomic mass is 9.75. The summed E-state index contributed by atoms with van der Waals surface area (Å²) >= 11 is 0. The Balaban J connectivity index is 1.62. The van der Waals surface area contributed by atoms with E-state index < -0.39 is 0 Å². The molecule has 0 amide bonds. The molecule has 104 valence electrons. The minimum Gasteiger partial charge on any atom is -0.382 e. The van der Waals surface area contributed by atoms with Crippen LogP contribution in [0.3, 0.4) is 0 Å². The highest BCUT2D eigenvalue weighted by atomic mass is 19.1. The Labute approximate surface area is 117 Å². The lowest BCUT2D eigenvalue weighted by Crippen LogP contribution is -2.34. The normalized spacial score (nSPS) is 21.4. The average molecular weight is 273 g/mol. The van der Waals surface area contributed by atoms with Gasteiger partial charge in [-0.05, 0) is 61.1 Å². The van der Waals surface area contributed by atoms with Gasteiger partial charge in [-0.1, -0.05) is 18.2 Å². The molecule has 0 atom stereocenters. The molecule has 0 aromatic heterocycles. The van der Waals surface area contributed by atoms with Crippen molar-refractivity contribution in [3.63, 3.8) is 0 Å². The van der Waals surface area contributed by atoms with Gasteiger partial charge in [0.25, 0.3) is 0 Å². The number of halogens is 2. The molecule has 2 aromatic carbocycles. The van der Waals surface area contributed by atoms with E-state index in [9.17, 15) is 8.78 Å². The first-order valence-corrected chi connectivity index (χ1v) is 6.90. The predicted octanol–water partition coefficient (Wildman–Crippen LogP) is 4.63. The molecule has 1 nitrogen and oxygen atoms in total. The van der Waals surface area contributed by atoms with Crippen LogP contribution in [-0.4, -0.2) is 6.04 Å². The summed E-state index contributed by atoms with van der Waals surface area (Å²) in [6.45, 7) is 1.87. The molecule has 1 aliphatic carbocycles. The highest BCUT2D eigenvalue weighted by Crippen LogP contribution is 2.39. The first-order chi connectivity index (χ1) is 9.61. The fourth-order valence-corrected chi connectivity index (χ4v) is 2.85. The Hall–Kier alpha value is -1.90. The van der Waals surface area contributed by atoms with Gasteiger partial charge in [0, 0.05) is 11.7 Å². The number of nitrogens with one attached hydrogen (secondary N) is 1. The number of hydrogen-bond acceptors (Lipinski definition) is 1. The van der Waals surface area contributed by atoms with Crippen molar-refractivity contribution in [3.05, 3.63) is 65.2 Å². The maximum absolute atomic E-state index is 13.7. The molecule has 3 rings (SSSR count). The number of benzene rings is 2. The van der Waals surface area contributed by atoms with Crippen molar-refractivity contribution in [2.75, 3.05) is 5.32 Å². The van der Waals surface area contributed by atoms with Gasteiger partial charge in [0.15, 0.2) is 0 Å². The van der Waals surface area contributed by atoms with Crippen LogP contribution in [0.5, 0.6) is 0 Å². The number of anilines is 1. The fourth-order valence-electron chi connectivity index (χ4n) is 2.85. The second kappa shape index (κ2) is 5.23. The third-order valence-corrected chi connectivity index (χ3v) is 3.90. The van der Waals surface area contributed by atoms with Crippen LogP contribution >= 0.6 is 0 Å². The molecule has 0 heterocycles. The van der Waals surface area contributed by atoms with Crippen LogP contribution in [0.4, 0.5) is 14.5 Å². The lowest BCUT2D eigenvalue weighted by molar-refractivity contribution is 0.363. The van der Waals surface area contributed by atoms with Crippen LogP contribution in [-0.2, 0) is 0 Å². The van der Waals surface area contributed by atoms with Crippen LogP contribution in [0, 0.1) is 18.6 Å². The minimum atomic E-state index is -0.225. The second-order valence-corrected chi connectivity index (χ2v) is 5.55. The van der Waals surface area contributed by atoms with Crippen molar-refractivity contribution in [3.8, 4) is 0 Å². The standard InChI is InChI=1S/C17H17F2N/c1-11-6-13(18)10-14(7-11)20-15-8-12(9-15)16-4-2-3-5-17(16)19/h2-7,10,12,15,20H,8-9H2,1H3. The van der Waals surface area contributed by atoms with Gasteiger partial charge in [-0.3, -0.25) is 0 Å². The van der Waals surface area contributed by atoms with E-state index in [2.05, 4.69) is 5.32 Å². The van der Waals surface area contributed by atoms with Gasteiger partial charge in [0.2, 0.25) is 0 Å². The summed E-state index contributed by atoms with van der Waals surface area (Å²) < 4.78 is 27.0. The third kappa shape index (κ3) is 2.67. The Morgan fingerprint density at radius 1 is 1.05 bits per heavy atom. The van der Waals surface area contributed by atoms with Gasteiger partial charge in [0.05, 0.1) is 0 Å². The first kappa shape index (κ1) is 13.1. The van der Waals surface area contributed by atoms with Crippen LogP contribution in [0.2, 0.25) is 0 Å². The SMILES string of the molecule is Cc1cc(F)cc(NC2CC(c3ccccc3F)C2)c1. The number of aryl methyl sites for hydroxylation is 1. The van der Waals surface area contributed by atoms with E-state index >= 15 is 0 Å². The van der Waals surface area contributed by atoms with Gasteiger partial charge in [-0.25, -0.2) is 8.78 Å². The lowest BCUT2D eigenvalue weighted by Gasteiger charge is -2.37. The molecule has 0 unspecified atom stereocenters. The molecule has 0 aliphatic heterocycles. The van der Waals surface area contributed by atoms with Crippen LogP contribution in [0.15, 0.2) is 42.5 Å². The Morgan fingerprint density at radius 3 is 2.50 bits per heavy atom. The van der Waals surface area contributed by atoms with Gasteiger partial charge >= 0.3 is 0 Å². The second-order valence-electron chi connectivity index (χ2n) is 5.55. The highest BCUT2D eigenvalue weighted by molar-refractivity contribution is 5.47. The third-order valence-electron chi connectivity index (χ3n) is 3.90. The molecule has 0 radical (unpaired) electrons. The van der Waals surface area contributed by atoms with E-state index in [1.54, 1.807) is 6.07 Å². The maximum Gasteiger partial charge on any atom is 0.126 e. The van der Waals surface area contributed by atoms with Crippen LogP contribution in [0.1, 0.15) is 29.9 Å². The summed E-state index contributed by atoms with van der Waals surface area (Å²) in [6, 6.07) is 12.2. The Kier molecular flexibility index (Phi) is 3.43. The summed E-state index contributed by atoms with van der Waals surface area (Å²) in [5.74, 6) is -0.0848. The molecule has 0 saturated heterocycles. The topological polar surface area (TPSA) is 12.0 Å². The van der Waals surface area contributed by atoms with E-state index in [1.165, 1.54) is 18.2 Å². The summed E-state index contributed by atoms with van der Waals surface area (Å²) in [4.78, 5) is 0. The van der Waals surface area contributed by atoms with E-state index in [-0.39, 0.29) is 17.6 Å². The molecule has 2 aromatic rings. The monoisotopic (exact) mass is 273 g/mol. The fraction of sp³-hybridized carbons (Fsp3) is 0.294. The number of rotatable bonds is 3. The maximum atomic E-state index is 13.7. The molecule has 1 fully saturated rings. The van der Waals surface area contributed by atoms with Crippen molar-refractivity contribution in [1.82, 2.24) is 0 Å². The van der Waals surface area contributed by atoms with Crippen molar-refractivity contribution >= 4 is 5.69 Å². The Bertz CT molecular complexity index is 598. The van der Waals surface area contributed by atoms with Gasteiger partial charge in [-0.2, -0.15) is 0 Å². The molecule has 20 heavy (non-hydrogen) atoms. The summed E-state index contributed by atoms with van der Waals surface area (Å²) in [5.41, 5.74) is 2.50. The van der Waals surface area contributed by atoms with Crippen LogP contribution < -0.4 is 5.32 Å². The summed E-state index contributed by atoms with van der Waals surface area (Å²) in [7, 11) is 0. The zero-order valence-electron chi connectivity index (χ0n) is 11.4. The minimum absolute atomic E-state index is 0.127. The van der Waals surface area contributed by atoms with Gasteiger partial charge in [0.1, 0.15) is 11.6 Å². The molecule has 0 bridgehead atoms. The molecule has 0 spiro atoms. The average Bonchev–Trinajstić information content (AvgIpc) is 2.33. The van der Waals surface area contributed by atoms with Gasteiger partial charge in [-0.15, -0.1) is 0 Å². The zero-order valence-corrected chi connectivity index (χ0v) is 11.4. The van der Waals surface area contributed by atoms with E-state index in [1.807, 2.05) is 25.1 Å². The molecule has 1 N–H and O–H groups in total. The smallest absolute Gasteiger partial charge is 0.126 e. The van der Waals surface area contributed by atoms with Crippen molar-refractivity contribution in [2.45, 2.75) is 31.7 Å². The first-order valence-electron chi connectivity index (χ1n) is 6.90. The van der Waals surface area contributed by atoms with Crippen LogP contribution in [0.25, 0.3) is 0 Å². The largest absolute Gasteiger partial charge is 0.382 e. The summed E-state index contributed by atoms with van der Waals surface area (Å²) in [5, 5.41) is 3.32. The predicted molar refractivity (Wildman–Crippen MR) is 76.9 cm³/mol. The molecule has 1 aliphatic rings. The van der Waals surface area contributed by atoms with Gasteiger partial charge < -0.3 is 5.32 Å². The summed E-state index contributed by atoms with van der Waals surface area (Å²) in [6.07, 6.45) is 1.77. The molecular weight excluding hydrogens is 256 g/mol. The van der Waals surface area contributed by atoms with E-state index in [0.717, 1.165) is 29.7 Å². The van der Waals surface area contributed by atoms with Crippen molar-refractivity contribution < 1.29 is 8.78 Å². The quantitative estimate of drug-likeness (QED) is 0.859. The highest BCUT2D eigenvalue weighted by Gasteiger charge is 2.31. The zero-order chi connectivity index (χ0) is 14.1. The van der Waals surface area contributed by atoms with E-state index in [4.69, 9.17) is 0 Å². The molecule has 1 saturated carbocycles. The number of hydrogen-bond donors (Lipinski definition) is 1. The van der Waals surface area contributed by atoms with E-state index in [0.29, 0.717) is 6.04 Å². The molecule has 3 heteroatoms.